The topological polar surface area (TPSA) is 155 Å². The van der Waals surface area contributed by atoms with Crippen LogP contribution in [0.1, 0.15) is 24.2 Å². The van der Waals surface area contributed by atoms with Crippen molar-refractivity contribution in [2.24, 2.45) is 0 Å². The molecule has 0 saturated carbocycles. The second kappa shape index (κ2) is 7.20. The van der Waals surface area contributed by atoms with E-state index in [1.54, 1.807) is 24.3 Å². The Balaban J connectivity index is 2.94. The van der Waals surface area contributed by atoms with Gasteiger partial charge in [0.2, 0.25) is 5.78 Å². The molecule has 0 fully saturated rings. The van der Waals surface area contributed by atoms with Crippen LogP contribution in [0.3, 0.4) is 0 Å². The van der Waals surface area contributed by atoms with Crippen LogP contribution in [0.4, 0.5) is 0 Å². The Morgan fingerprint density at radius 3 is 1.93 bits per heavy atom. The number of hydrogen-bond acceptors (Lipinski definition) is 7. The zero-order valence-corrected chi connectivity index (χ0v) is 14.8. The quantitative estimate of drug-likeness (QED) is 0.355. The van der Waals surface area contributed by atoms with Crippen LogP contribution in [0, 0.1) is 0 Å². The van der Waals surface area contributed by atoms with Crippen LogP contribution in [0.5, 0.6) is 0 Å². The highest BCUT2D eigenvalue weighted by Gasteiger charge is 2.72. The number of aliphatic carboxylic acids is 2. The molecule has 2 unspecified atom stereocenters. The Morgan fingerprint density at radius 1 is 0.857 bits per heavy atom. The fraction of sp³-hybridized carbons (Fsp3) is 0.211. The molecule has 0 heterocycles. The van der Waals surface area contributed by atoms with Crippen molar-refractivity contribution in [3.63, 3.8) is 0 Å². The lowest BCUT2D eigenvalue weighted by Gasteiger charge is -2.37. The highest BCUT2D eigenvalue weighted by molar-refractivity contribution is 6.28. The maximum Gasteiger partial charge on any atom is 0.360 e. The molecule has 0 aliphatic heterocycles. The molecule has 0 bridgehead atoms. The van der Waals surface area contributed by atoms with Crippen LogP contribution in [0.2, 0.25) is 0 Å². The first-order chi connectivity index (χ1) is 13.0. The first-order valence-corrected chi connectivity index (χ1v) is 7.92. The highest BCUT2D eigenvalue weighted by Crippen LogP contribution is 2.35. The number of Topliss-reactive ketones (excluding diaryl/α,β-unsaturated/α-hetero) is 2. The minimum atomic E-state index is -3.86. The van der Waals surface area contributed by atoms with Crippen LogP contribution >= 0.6 is 0 Å². The zero-order chi connectivity index (χ0) is 21.3. The minimum absolute atomic E-state index is 0.212. The summed E-state index contributed by atoms with van der Waals surface area (Å²) in [5.41, 5.74) is -7.94. The lowest BCUT2D eigenvalue weighted by atomic mass is 9.74. The number of benzene rings is 2. The van der Waals surface area contributed by atoms with Gasteiger partial charge in [0, 0.05) is 12.5 Å². The summed E-state index contributed by atoms with van der Waals surface area (Å²) in [7, 11) is 0. The van der Waals surface area contributed by atoms with Crippen LogP contribution in [0.25, 0.3) is 10.8 Å². The number of hydrogen-bond donors (Lipinski definition) is 3. The molecule has 2 atom stereocenters. The number of carbonyl (C=O) groups is 5. The molecular weight excluding hydrogens is 372 g/mol. The van der Waals surface area contributed by atoms with Crippen molar-refractivity contribution in [3.8, 4) is 0 Å². The number of ether oxygens (including phenoxy) is 1. The molecule has 2 rings (SSSR count). The number of esters is 1. The van der Waals surface area contributed by atoms with Gasteiger partial charge in [0.1, 0.15) is 0 Å². The smallest absolute Gasteiger partial charge is 0.360 e. The lowest BCUT2D eigenvalue weighted by Crippen LogP contribution is -2.72. The average molecular weight is 388 g/mol. The zero-order valence-electron chi connectivity index (χ0n) is 14.8. The largest absolute Gasteiger partial charge is 0.479 e. The predicted molar refractivity (Wildman–Crippen MR) is 93.7 cm³/mol. The first kappa shape index (κ1) is 20.7. The van der Waals surface area contributed by atoms with Crippen molar-refractivity contribution in [1.82, 2.24) is 0 Å². The van der Waals surface area contributed by atoms with Gasteiger partial charge in [0.15, 0.2) is 5.78 Å². The Bertz CT molecular complexity index is 988. The van der Waals surface area contributed by atoms with Crippen LogP contribution < -0.4 is 0 Å². The summed E-state index contributed by atoms with van der Waals surface area (Å²) in [5, 5.41) is 30.4. The number of ketones is 2. The molecule has 0 amide bonds. The van der Waals surface area contributed by atoms with E-state index in [0.29, 0.717) is 12.3 Å². The van der Waals surface area contributed by atoms with Crippen molar-refractivity contribution in [1.29, 1.82) is 0 Å². The molecule has 0 radical (unpaired) electrons. The van der Waals surface area contributed by atoms with Gasteiger partial charge in [0.05, 0.1) is 0 Å². The van der Waals surface area contributed by atoms with Crippen molar-refractivity contribution < 1.29 is 44.0 Å². The standard InChI is InChI=1S/C19H16O9/c1-10(20)18(27,16(23)24)19(17(25)26,28-11(2)21)15(22)14-9-5-7-12-6-3-4-8-13(12)14/h3-9,27H,1-2H3,(H,23,24)(H,25,26). The van der Waals surface area contributed by atoms with Crippen LogP contribution in [-0.4, -0.2) is 56.0 Å². The first-order valence-electron chi connectivity index (χ1n) is 7.92. The van der Waals surface area contributed by atoms with Gasteiger partial charge in [-0.3, -0.25) is 14.4 Å². The molecule has 2 aromatic rings. The van der Waals surface area contributed by atoms with E-state index in [2.05, 4.69) is 4.74 Å². The number of carboxylic acids is 2. The van der Waals surface area contributed by atoms with E-state index in [9.17, 15) is 39.3 Å². The number of rotatable bonds is 7. The van der Waals surface area contributed by atoms with Gasteiger partial charge in [-0.1, -0.05) is 42.5 Å². The maximum absolute atomic E-state index is 13.3. The number of fused-ring (bicyclic) bond motifs is 1. The van der Waals surface area contributed by atoms with Crippen molar-refractivity contribution >= 4 is 40.2 Å². The molecule has 0 aliphatic carbocycles. The summed E-state index contributed by atoms with van der Waals surface area (Å²) >= 11 is 0. The third-order valence-corrected chi connectivity index (χ3v) is 4.28. The number of aliphatic hydroxyl groups is 1. The Morgan fingerprint density at radius 2 is 1.43 bits per heavy atom. The SMILES string of the molecule is CC(=O)OC(C(=O)O)(C(=O)c1cccc2ccccc12)C(O)(C(C)=O)C(=O)O. The normalized spacial score (nSPS) is 15.1. The average Bonchev–Trinajstić information content (AvgIpc) is 2.63. The fourth-order valence-corrected chi connectivity index (χ4v) is 2.96. The van der Waals surface area contributed by atoms with Gasteiger partial charge in [-0.15, -0.1) is 0 Å². The van der Waals surface area contributed by atoms with E-state index >= 15 is 0 Å². The van der Waals surface area contributed by atoms with Crippen LogP contribution in [-0.2, 0) is 23.9 Å². The van der Waals surface area contributed by atoms with Gasteiger partial charge in [0.25, 0.3) is 5.60 Å². The Kier molecular flexibility index (Phi) is 5.33. The number of carbonyl (C=O) groups excluding carboxylic acids is 3. The summed E-state index contributed by atoms with van der Waals surface area (Å²) in [5.74, 6) is -9.20. The second-order valence-corrected chi connectivity index (χ2v) is 6.01. The second-order valence-electron chi connectivity index (χ2n) is 6.01. The predicted octanol–water partition coefficient (Wildman–Crippen LogP) is 0.814. The Labute approximate surface area is 158 Å². The van der Waals surface area contributed by atoms with Crippen LogP contribution in [0.15, 0.2) is 42.5 Å². The van der Waals surface area contributed by atoms with Gasteiger partial charge >= 0.3 is 23.5 Å². The maximum atomic E-state index is 13.3. The third-order valence-electron chi connectivity index (χ3n) is 4.28. The molecule has 2 aromatic carbocycles. The molecule has 146 valence electrons. The summed E-state index contributed by atoms with van der Waals surface area (Å²) in [6.07, 6.45) is 0. The van der Waals surface area contributed by atoms with E-state index in [4.69, 9.17) is 0 Å². The molecule has 0 aromatic heterocycles. The summed E-state index contributed by atoms with van der Waals surface area (Å²) < 4.78 is 4.61. The monoisotopic (exact) mass is 388 g/mol. The van der Waals surface area contributed by atoms with E-state index in [-0.39, 0.29) is 10.9 Å². The number of carboxylic acid groups (broad SMARTS) is 2. The van der Waals surface area contributed by atoms with Gasteiger partial charge in [-0.2, -0.15) is 0 Å². The van der Waals surface area contributed by atoms with E-state index in [1.807, 2.05) is 0 Å². The molecule has 9 nitrogen and oxygen atoms in total. The fourth-order valence-electron chi connectivity index (χ4n) is 2.96. The molecular formula is C19H16O9. The highest BCUT2D eigenvalue weighted by atomic mass is 16.6. The third kappa shape index (κ3) is 2.91. The summed E-state index contributed by atoms with van der Waals surface area (Å²) in [6.45, 7) is 1.29. The van der Waals surface area contributed by atoms with Crippen molar-refractivity contribution in [2.75, 3.05) is 0 Å². The van der Waals surface area contributed by atoms with Crippen molar-refractivity contribution in [2.45, 2.75) is 25.0 Å². The summed E-state index contributed by atoms with van der Waals surface area (Å²) in [6, 6.07) is 10.4. The molecule has 3 N–H and O–H groups in total. The molecule has 0 saturated heterocycles. The van der Waals surface area contributed by atoms with Crippen molar-refractivity contribution in [3.05, 3.63) is 48.0 Å². The van der Waals surface area contributed by atoms with E-state index in [0.717, 1.165) is 6.92 Å². The summed E-state index contributed by atoms with van der Waals surface area (Å²) in [4.78, 5) is 60.7. The Hall–Kier alpha value is -3.59. The molecule has 28 heavy (non-hydrogen) atoms. The lowest BCUT2D eigenvalue weighted by molar-refractivity contribution is -0.207. The molecule has 0 spiro atoms. The minimum Gasteiger partial charge on any atom is -0.479 e. The van der Waals surface area contributed by atoms with Gasteiger partial charge in [-0.25, -0.2) is 9.59 Å². The molecule has 9 heteroatoms. The molecule has 0 aliphatic rings. The van der Waals surface area contributed by atoms with E-state index < -0.39 is 40.7 Å². The van der Waals surface area contributed by atoms with Gasteiger partial charge < -0.3 is 20.1 Å². The van der Waals surface area contributed by atoms with E-state index in [1.165, 1.54) is 18.2 Å². The van der Waals surface area contributed by atoms with Gasteiger partial charge in [-0.05, 0) is 17.7 Å².